The largest absolute Gasteiger partial charge is 0.425 e. The fourth-order valence-electron chi connectivity index (χ4n) is 2.06. The molecule has 28 heavy (non-hydrogen) atoms. The maximum atomic E-state index is 11.8. The summed E-state index contributed by atoms with van der Waals surface area (Å²) in [6.45, 7) is 0.482. The lowest BCUT2D eigenvalue weighted by molar-refractivity contribution is 0.0839. The van der Waals surface area contributed by atoms with Crippen LogP contribution in [0.4, 0.5) is 0 Å². The summed E-state index contributed by atoms with van der Waals surface area (Å²) in [7, 11) is 0. The molecule has 0 aliphatic carbocycles. The molecule has 0 aliphatic rings. The quantitative estimate of drug-likeness (QED) is 0.289. The zero-order chi connectivity index (χ0) is 19.8. The Morgan fingerprint density at radius 3 is 1.61 bits per heavy atom. The van der Waals surface area contributed by atoms with E-state index in [1.165, 1.54) is 24.3 Å². The van der Waals surface area contributed by atoms with Crippen molar-refractivity contribution in [3.8, 4) is 0 Å². The number of aromatic nitrogens is 2. The Labute approximate surface area is 157 Å². The van der Waals surface area contributed by atoms with Crippen LogP contribution < -0.4 is 21.8 Å². The molecule has 12 nitrogen and oxygen atoms in total. The Morgan fingerprint density at radius 2 is 1.21 bits per heavy atom. The van der Waals surface area contributed by atoms with Gasteiger partial charge in [-0.15, -0.1) is 9.46 Å². The normalized spacial score (nSPS) is 10.0. The average Bonchev–Trinajstić information content (AvgIpc) is 2.65. The molecule has 0 saturated carbocycles. The lowest BCUT2D eigenvalue weighted by Gasteiger charge is -2.09. The second kappa shape index (κ2) is 10.5. The second-order valence-corrected chi connectivity index (χ2v) is 5.25. The van der Waals surface area contributed by atoms with Gasteiger partial charge in [0, 0.05) is 25.2 Å². The number of pyridine rings is 2. The first-order chi connectivity index (χ1) is 12.9. The molecule has 0 bridgehead atoms. The first-order valence-electron chi connectivity index (χ1n) is 7.88. The van der Waals surface area contributed by atoms with Gasteiger partial charge in [0.25, 0.3) is 22.9 Å². The first kappa shape index (κ1) is 22.4. The summed E-state index contributed by atoms with van der Waals surface area (Å²) < 4.78 is 5.71. The van der Waals surface area contributed by atoms with Crippen LogP contribution >= 0.6 is 0 Å². The van der Waals surface area contributed by atoms with E-state index in [2.05, 4.69) is 10.6 Å². The number of carbonyl (C=O) groups excluding carboxylic acids is 2. The van der Waals surface area contributed by atoms with Gasteiger partial charge in [-0.2, -0.15) is 0 Å². The molecule has 2 amide bonds. The van der Waals surface area contributed by atoms with Crippen LogP contribution in [0.25, 0.3) is 0 Å². The minimum Gasteiger partial charge on any atom is -0.425 e. The number of hydrogen-bond donors (Lipinski definition) is 4. The summed E-state index contributed by atoms with van der Waals surface area (Å²) in [5.41, 5.74) is -1.84. The third kappa shape index (κ3) is 5.69. The van der Waals surface area contributed by atoms with Gasteiger partial charge in [-0.1, -0.05) is 12.1 Å². The Bertz CT molecular complexity index is 861. The van der Waals surface area contributed by atoms with E-state index in [1.54, 1.807) is 0 Å². The molecule has 152 valence electrons. The minimum atomic E-state index is -0.721. The number of nitrogens with one attached hydrogen (secondary N) is 2. The lowest BCUT2D eigenvalue weighted by atomic mass is 10.3. The molecular weight excluding hydrogens is 376 g/mol. The molecule has 12 heteroatoms. The van der Waals surface area contributed by atoms with Crippen molar-refractivity contribution >= 4 is 11.8 Å². The van der Waals surface area contributed by atoms with Gasteiger partial charge in [0.15, 0.2) is 0 Å². The molecule has 0 radical (unpaired) electrons. The zero-order valence-corrected chi connectivity index (χ0v) is 14.6. The van der Waals surface area contributed by atoms with Crippen molar-refractivity contribution in [3.63, 3.8) is 0 Å². The van der Waals surface area contributed by atoms with Crippen LogP contribution in [-0.4, -0.2) is 63.5 Å². The SMILES string of the molecule is O.O=C(NCCOCCNC(=O)c1cccc(=O)n1O)c1cccc(=O)n1O. The smallest absolute Gasteiger partial charge is 0.283 e. The van der Waals surface area contributed by atoms with E-state index in [0.29, 0.717) is 0 Å². The summed E-state index contributed by atoms with van der Waals surface area (Å²) in [6.07, 6.45) is 0. The predicted molar refractivity (Wildman–Crippen MR) is 94.9 cm³/mol. The van der Waals surface area contributed by atoms with Gasteiger partial charge in [0.2, 0.25) is 0 Å². The Balaban J connectivity index is 0.00000392. The summed E-state index contributed by atoms with van der Waals surface area (Å²) >= 11 is 0. The van der Waals surface area contributed by atoms with Crippen LogP contribution in [-0.2, 0) is 4.74 Å². The average molecular weight is 396 g/mol. The van der Waals surface area contributed by atoms with Gasteiger partial charge >= 0.3 is 0 Å². The highest BCUT2D eigenvalue weighted by Crippen LogP contribution is 1.94. The minimum absolute atomic E-state index is 0. The molecule has 0 unspecified atom stereocenters. The van der Waals surface area contributed by atoms with Crippen LogP contribution in [0.2, 0.25) is 0 Å². The van der Waals surface area contributed by atoms with E-state index >= 15 is 0 Å². The Morgan fingerprint density at radius 1 is 0.821 bits per heavy atom. The Kier molecular flexibility index (Phi) is 8.40. The second-order valence-electron chi connectivity index (χ2n) is 5.25. The van der Waals surface area contributed by atoms with E-state index in [0.717, 1.165) is 12.1 Å². The molecule has 2 heterocycles. The van der Waals surface area contributed by atoms with E-state index in [-0.39, 0.29) is 52.6 Å². The summed E-state index contributed by atoms with van der Waals surface area (Å²) in [6, 6.07) is 7.50. The van der Waals surface area contributed by atoms with Gasteiger partial charge < -0.3 is 31.3 Å². The van der Waals surface area contributed by atoms with E-state index in [4.69, 9.17) is 4.74 Å². The summed E-state index contributed by atoms with van der Waals surface area (Å²) in [5.74, 6) is -1.28. The van der Waals surface area contributed by atoms with Crippen molar-refractivity contribution in [1.82, 2.24) is 20.1 Å². The maximum absolute atomic E-state index is 11.8. The van der Waals surface area contributed by atoms with Gasteiger partial charge in [-0.25, -0.2) is 0 Å². The van der Waals surface area contributed by atoms with E-state index in [1.807, 2.05) is 0 Å². The Hall–Kier alpha value is -3.64. The third-order valence-electron chi connectivity index (χ3n) is 3.39. The van der Waals surface area contributed by atoms with Crippen molar-refractivity contribution in [3.05, 3.63) is 68.5 Å². The maximum Gasteiger partial charge on any atom is 0.283 e. The fraction of sp³-hybridized carbons (Fsp3) is 0.250. The molecule has 0 aliphatic heterocycles. The monoisotopic (exact) mass is 396 g/mol. The van der Waals surface area contributed by atoms with Crippen molar-refractivity contribution in [2.75, 3.05) is 26.3 Å². The predicted octanol–water partition coefficient (Wildman–Crippen LogP) is -2.16. The topological polar surface area (TPSA) is 183 Å². The zero-order valence-electron chi connectivity index (χ0n) is 14.6. The molecule has 2 aromatic heterocycles. The number of rotatable bonds is 8. The highest BCUT2D eigenvalue weighted by Gasteiger charge is 2.12. The summed E-state index contributed by atoms with van der Waals surface area (Å²) in [4.78, 5) is 46.1. The van der Waals surface area contributed by atoms with Gasteiger partial charge in [0.05, 0.1) is 13.2 Å². The van der Waals surface area contributed by atoms with Crippen LogP contribution in [0.15, 0.2) is 46.0 Å². The van der Waals surface area contributed by atoms with E-state index < -0.39 is 22.9 Å². The molecule has 0 fully saturated rings. The van der Waals surface area contributed by atoms with E-state index in [9.17, 15) is 29.6 Å². The van der Waals surface area contributed by atoms with Gasteiger partial charge in [-0.3, -0.25) is 19.2 Å². The number of carbonyl (C=O) groups is 2. The first-order valence-corrected chi connectivity index (χ1v) is 7.88. The van der Waals surface area contributed by atoms with Gasteiger partial charge in [0.1, 0.15) is 11.4 Å². The lowest BCUT2D eigenvalue weighted by Crippen LogP contribution is -2.34. The molecule has 2 rings (SSSR count). The van der Waals surface area contributed by atoms with Crippen molar-refractivity contribution in [2.45, 2.75) is 0 Å². The fourth-order valence-corrected chi connectivity index (χ4v) is 2.06. The molecule has 0 saturated heterocycles. The standard InChI is InChI=1S/C16H18N4O7.H2O/c21-13-5-1-3-11(19(13)25)15(23)17-7-9-27-10-8-18-16(24)12-4-2-6-14(22)20(12)26;/h1-6,25-26H,7-10H2,(H,17,23)(H,18,24);1H2. The molecule has 2 aromatic rings. The highest BCUT2D eigenvalue weighted by molar-refractivity contribution is 5.92. The summed E-state index contributed by atoms with van der Waals surface area (Å²) in [5, 5.41) is 23.8. The van der Waals surface area contributed by atoms with Gasteiger partial charge in [-0.05, 0) is 12.1 Å². The molecule has 0 aromatic carbocycles. The molecular formula is C16H20N4O8. The third-order valence-corrected chi connectivity index (χ3v) is 3.39. The molecule has 0 spiro atoms. The highest BCUT2D eigenvalue weighted by atomic mass is 16.5. The van der Waals surface area contributed by atoms with Crippen LogP contribution in [0, 0.1) is 0 Å². The van der Waals surface area contributed by atoms with Crippen molar-refractivity contribution in [1.29, 1.82) is 0 Å². The van der Waals surface area contributed by atoms with Crippen LogP contribution in [0.3, 0.4) is 0 Å². The van der Waals surface area contributed by atoms with Crippen LogP contribution in [0.5, 0.6) is 0 Å². The van der Waals surface area contributed by atoms with Crippen molar-refractivity contribution < 1.29 is 30.2 Å². The van der Waals surface area contributed by atoms with Crippen LogP contribution in [0.1, 0.15) is 21.0 Å². The number of ether oxygens (including phenoxy) is 1. The number of nitrogens with zero attached hydrogens (tertiary/aromatic N) is 2. The number of hydrogen-bond acceptors (Lipinski definition) is 7. The molecule has 0 atom stereocenters. The number of amides is 2. The van der Waals surface area contributed by atoms with Crippen molar-refractivity contribution in [2.24, 2.45) is 0 Å². The molecule has 6 N–H and O–H groups in total.